The van der Waals surface area contributed by atoms with Crippen LogP contribution in [0.15, 0.2) is 30.3 Å². The summed E-state index contributed by atoms with van der Waals surface area (Å²) < 4.78 is 46.4. The highest BCUT2D eigenvalue weighted by atomic mass is 16.7. The van der Waals surface area contributed by atoms with Crippen molar-refractivity contribution in [3.63, 3.8) is 0 Å². The highest BCUT2D eigenvalue weighted by Gasteiger charge is 2.51. The van der Waals surface area contributed by atoms with Gasteiger partial charge in [-0.1, -0.05) is 30.3 Å². The molecule has 3 rings (SSSR count). The molecule has 2 aliphatic rings. The Morgan fingerprint density at radius 2 is 1.31 bits per heavy atom. The second-order valence-electron chi connectivity index (χ2n) is 8.11. The Hall–Kier alpha value is -1.14. The normalized spacial score (nSPS) is 40.3. The number of ether oxygens (including phenoxy) is 8. The van der Waals surface area contributed by atoms with Crippen LogP contribution in [0.3, 0.4) is 0 Å². The van der Waals surface area contributed by atoms with Crippen molar-refractivity contribution >= 4 is 0 Å². The number of rotatable bonds is 9. The van der Waals surface area contributed by atoms with E-state index in [4.69, 9.17) is 37.9 Å². The average molecular weight is 457 g/mol. The van der Waals surface area contributed by atoms with Crippen molar-refractivity contribution in [2.45, 2.75) is 81.9 Å². The third kappa shape index (κ3) is 5.49. The monoisotopic (exact) mass is 456 g/mol. The molecule has 2 aliphatic heterocycles. The first-order valence-corrected chi connectivity index (χ1v) is 10.9. The number of aliphatic hydroxyl groups excluding tert-OH is 1. The Bertz CT molecular complexity index is 675. The first-order chi connectivity index (χ1) is 15.4. The van der Waals surface area contributed by atoms with Crippen molar-refractivity contribution in [1.29, 1.82) is 0 Å². The lowest BCUT2D eigenvalue weighted by Crippen LogP contribution is -2.64. The van der Waals surface area contributed by atoms with Crippen LogP contribution in [0.1, 0.15) is 19.4 Å². The minimum atomic E-state index is -1.08. The molecule has 9 heteroatoms. The second kappa shape index (κ2) is 11.8. The van der Waals surface area contributed by atoms with E-state index in [0.717, 1.165) is 5.56 Å². The molecule has 1 N–H and O–H groups in total. The Balaban J connectivity index is 1.69. The molecule has 0 spiro atoms. The number of benzene rings is 1. The van der Waals surface area contributed by atoms with E-state index in [-0.39, 0.29) is 6.10 Å². The van der Waals surface area contributed by atoms with Gasteiger partial charge < -0.3 is 43.0 Å². The molecule has 2 heterocycles. The molecule has 0 amide bonds. The zero-order valence-corrected chi connectivity index (χ0v) is 19.6. The summed E-state index contributed by atoms with van der Waals surface area (Å²) in [6.45, 7) is 4.11. The first kappa shape index (κ1) is 25.5. The molecule has 9 nitrogen and oxygen atoms in total. The van der Waals surface area contributed by atoms with Gasteiger partial charge in [0.1, 0.15) is 36.6 Å². The number of methoxy groups -OCH3 is 4. The molecule has 2 fully saturated rings. The van der Waals surface area contributed by atoms with Crippen LogP contribution in [0.2, 0.25) is 0 Å². The number of aliphatic hydroxyl groups is 1. The highest BCUT2D eigenvalue weighted by Crippen LogP contribution is 2.32. The molecule has 0 aliphatic carbocycles. The average Bonchev–Trinajstić information content (AvgIpc) is 2.81. The van der Waals surface area contributed by atoms with E-state index >= 15 is 0 Å². The standard InChI is InChI=1S/C23H36O9/c1-13-17(29-12-15-10-8-7-9-11-15)19(25-3)16(24)22(30-13)32-18-14(2)31-23(28-6)21(27-5)20(18)26-4/h7-11,13-14,16-24H,12H2,1-6H3/t13-,14-,16+,17-,18-,19-,20+,21+,22-,23+/m0/s1. The molecule has 1 aromatic carbocycles. The predicted molar refractivity (Wildman–Crippen MR) is 114 cm³/mol. The van der Waals surface area contributed by atoms with Crippen LogP contribution in [0, 0.1) is 0 Å². The third-order valence-corrected chi connectivity index (χ3v) is 6.10. The fourth-order valence-electron chi connectivity index (χ4n) is 4.39. The van der Waals surface area contributed by atoms with E-state index < -0.39 is 55.3 Å². The van der Waals surface area contributed by atoms with Gasteiger partial charge in [-0.05, 0) is 19.4 Å². The van der Waals surface area contributed by atoms with Gasteiger partial charge in [-0.3, -0.25) is 0 Å². The van der Waals surface area contributed by atoms with Crippen molar-refractivity contribution in [1.82, 2.24) is 0 Å². The molecule has 182 valence electrons. The summed E-state index contributed by atoms with van der Waals surface area (Å²) in [6.07, 6.45) is -6.10. The third-order valence-electron chi connectivity index (χ3n) is 6.10. The number of hydrogen-bond donors (Lipinski definition) is 1. The van der Waals surface area contributed by atoms with E-state index in [0.29, 0.717) is 6.61 Å². The summed E-state index contributed by atoms with van der Waals surface area (Å²) in [5.41, 5.74) is 1.02. The van der Waals surface area contributed by atoms with Gasteiger partial charge in [0.2, 0.25) is 0 Å². The molecule has 0 aromatic heterocycles. The highest BCUT2D eigenvalue weighted by molar-refractivity contribution is 5.13. The van der Waals surface area contributed by atoms with Crippen LogP contribution in [-0.2, 0) is 44.5 Å². The summed E-state index contributed by atoms with van der Waals surface area (Å²) in [6, 6.07) is 9.81. The SMILES string of the molecule is CO[C@@H]1O[C@@H](C)[C@H](O[C@@H]2O[C@@H](C)[C@H](OCc3ccccc3)[C@@H](OC)[C@H]2O)[C@@H](OC)[C@H]1OC. The largest absolute Gasteiger partial charge is 0.385 e. The topological polar surface area (TPSA) is 94.1 Å². The Morgan fingerprint density at radius 3 is 1.91 bits per heavy atom. The quantitative estimate of drug-likeness (QED) is 0.593. The van der Waals surface area contributed by atoms with Crippen LogP contribution in [0.4, 0.5) is 0 Å². The molecule has 32 heavy (non-hydrogen) atoms. The minimum Gasteiger partial charge on any atom is -0.385 e. The summed E-state index contributed by atoms with van der Waals surface area (Å²) in [7, 11) is 6.22. The molecule has 2 saturated heterocycles. The zero-order valence-electron chi connectivity index (χ0n) is 19.6. The zero-order chi connectivity index (χ0) is 23.3. The Morgan fingerprint density at radius 1 is 0.719 bits per heavy atom. The van der Waals surface area contributed by atoms with Crippen LogP contribution in [0.5, 0.6) is 0 Å². The summed E-state index contributed by atoms with van der Waals surface area (Å²) >= 11 is 0. The van der Waals surface area contributed by atoms with Crippen molar-refractivity contribution < 1.29 is 43.0 Å². The van der Waals surface area contributed by atoms with Gasteiger partial charge in [0.15, 0.2) is 12.6 Å². The summed E-state index contributed by atoms with van der Waals surface area (Å²) in [5, 5.41) is 11.0. The maximum atomic E-state index is 11.0. The summed E-state index contributed by atoms with van der Waals surface area (Å²) in [5.74, 6) is 0. The molecule has 0 saturated carbocycles. The molecule has 1 aromatic rings. The van der Waals surface area contributed by atoms with Crippen molar-refractivity contribution in [3.05, 3.63) is 35.9 Å². The molecular weight excluding hydrogens is 420 g/mol. The maximum absolute atomic E-state index is 11.0. The lowest BCUT2D eigenvalue weighted by Gasteiger charge is -2.48. The molecule has 0 unspecified atom stereocenters. The lowest BCUT2D eigenvalue weighted by molar-refractivity contribution is -0.357. The van der Waals surface area contributed by atoms with Crippen LogP contribution >= 0.6 is 0 Å². The van der Waals surface area contributed by atoms with Gasteiger partial charge in [0.05, 0.1) is 18.8 Å². The Kier molecular flexibility index (Phi) is 9.42. The maximum Gasteiger partial charge on any atom is 0.187 e. The first-order valence-electron chi connectivity index (χ1n) is 10.9. The molecular formula is C23H36O9. The molecule has 10 atom stereocenters. The molecule has 0 radical (unpaired) electrons. The van der Waals surface area contributed by atoms with Gasteiger partial charge in [0.25, 0.3) is 0 Å². The van der Waals surface area contributed by atoms with E-state index in [1.54, 1.807) is 21.3 Å². The second-order valence-corrected chi connectivity index (χ2v) is 8.11. The van der Waals surface area contributed by atoms with Gasteiger partial charge in [-0.15, -0.1) is 0 Å². The minimum absolute atomic E-state index is 0.379. The van der Waals surface area contributed by atoms with Crippen molar-refractivity contribution in [2.75, 3.05) is 28.4 Å². The Labute approximate surface area is 189 Å². The van der Waals surface area contributed by atoms with E-state index in [1.165, 1.54) is 7.11 Å². The van der Waals surface area contributed by atoms with Crippen LogP contribution in [0.25, 0.3) is 0 Å². The van der Waals surface area contributed by atoms with Crippen molar-refractivity contribution in [2.24, 2.45) is 0 Å². The summed E-state index contributed by atoms with van der Waals surface area (Å²) in [4.78, 5) is 0. The van der Waals surface area contributed by atoms with Crippen LogP contribution in [-0.4, -0.2) is 95.0 Å². The van der Waals surface area contributed by atoms with Gasteiger partial charge in [-0.25, -0.2) is 0 Å². The van der Waals surface area contributed by atoms with Gasteiger partial charge in [0, 0.05) is 28.4 Å². The van der Waals surface area contributed by atoms with Crippen LogP contribution < -0.4 is 0 Å². The van der Waals surface area contributed by atoms with E-state index in [9.17, 15) is 5.11 Å². The van der Waals surface area contributed by atoms with Gasteiger partial charge in [-0.2, -0.15) is 0 Å². The van der Waals surface area contributed by atoms with E-state index in [1.807, 2.05) is 44.2 Å². The van der Waals surface area contributed by atoms with Crippen molar-refractivity contribution in [3.8, 4) is 0 Å². The number of hydrogen-bond acceptors (Lipinski definition) is 9. The van der Waals surface area contributed by atoms with Gasteiger partial charge >= 0.3 is 0 Å². The lowest BCUT2D eigenvalue weighted by atomic mass is 9.97. The predicted octanol–water partition coefficient (Wildman–Crippen LogP) is 1.50. The fourth-order valence-corrected chi connectivity index (χ4v) is 4.39. The fraction of sp³-hybridized carbons (Fsp3) is 0.739. The van der Waals surface area contributed by atoms with E-state index in [2.05, 4.69) is 0 Å². The smallest absolute Gasteiger partial charge is 0.187 e. The molecule has 0 bridgehead atoms.